The lowest BCUT2D eigenvalue weighted by Crippen LogP contribution is -2.16. The molecule has 1 heterocycles. The Labute approximate surface area is 127 Å². The fourth-order valence-corrected chi connectivity index (χ4v) is 2.42. The van der Waals surface area contributed by atoms with Gasteiger partial charge in [0, 0.05) is 6.07 Å². The number of ketones is 1. The van der Waals surface area contributed by atoms with Crippen LogP contribution in [0.15, 0.2) is 48.5 Å². The van der Waals surface area contributed by atoms with Crippen molar-refractivity contribution in [3.63, 3.8) is 0 Å². The summed E-state index contributed by atoms with van der Waals surface area (Å²) in [5.41, 5.74) is 1.34. The van der Waals surface area contributed by atoms with Crippen LogP contribution in [0, 0.1) is 5.21 Å². The molecule has 5 nitrogen and oxygen atoms in total. The van der Waals surface area contributed by atoms with Crippen molar-refractivity contribution in [3.8, 4) is 0 Å². The van der Waals surface area contributed by atoms with Crippen molar-refractivity contribution in [2.75, 3.05) is 6.61 Å². The summed E-state index contributed by atoms with van der Waals surface area (Å²) in [4.78, 5) is 24.2. The number of Topliss-reactive ketones (excluding diaryl/α,β-unsaturated/α-hetero) is 1. The van der Waals surface area contributed by atoms with Crippen molar-refractivity contribution in [1.82, 2.24) is 0 Å². The lowest BCUT2D eigenvalue weighted by molar-refractivity contribution is -0.355. The fraction of sp³-hybridized carbons (Fsp3) is 0.118. The van der Waals surface area contributed by atoms with Gasteiger partial charge in [-0.3, -0.25) is 4.79 Å². The van der Waals surface area contributed by atoms with Gasteiger partial charge in [0.1, 0.15) is 5.56 Å². The quantitative estimate of drug-likeness (QED) is 0.496. The third-order valence-electron chi connectivity index (χ3n) is 3.44. The summed E-state index contributed by atoms with van der Waals surface area (Å²) in [6.45, 7) is 1.95. The van der Waals surface area contributed by atoms with E-state index in [1.165, 1.54) is 18.2 Å². The number of hydrogen-bond acceptors (Lipinski definition) is 4. The molecule has 0 aliphatic carbocycles. The summed E-state index contributed by atoms with van der Waals surface area (Å²) in [7, 11) is 0. The first-order valence-electron chi connectivity index (χ1n) is 6.89. The van der Waals surface area contributed by atoms with Crippen LogP contribution in [0.3, 0.4) is 0 Å². The molecule has 22 heavy (non-hydrogen) atoms. The maximum atomic E-state index is 12.4. The number of carbonyl (C=O) groups is 2. The standard InChI is InChI=1S/C17H13NO4/c1-2-22-17(20)12-8-9-13-14(10-12)18(21)15(16(13)19)11-6-4-3-5-7-11/h3-10H,2H2,1H3. The predicted molar refractivity (Wildman–Crippen MR) is 80.6 cm³/mol. The molecule has 0 fully saturated rings. The van der Waals surface area contributed by atoms with Gasteiger partial charge < -0.3 is 9.94 Å². The zero-order valence-corrected chi connectivity index (χ0v) is 11.9. The van der Waals surface area contributed by atoms with E-state index in [-0.39, 0.29) is 29.4 Å². The van der Waals surface area contributed by atoms with Crippen LogP contribution in [0.2, 0.25) is 0 Å². The third-order valence-corrected chi connectivity index (χ3v) is 3.44. The molecule has 2 aromatic carbocycles. The van der Waals surface area contributed by atoms with Crippen LogP contribution < -0.4 is 0 Å². The topological polar surface area (TPSA) is 69.4 Å². The Morgan fingerprint density at radius 2 is 1.91 bits per heavy atom. The van der Waals surface area contributed by atoms with Crippen molar-refractivity contribution in [2.24, 2.45) is 0 Å². The Morgan fingerprint density at radius 3 is 2.59 bits per heavy atom. The van der Waals surface area contributed by atoms with Crippen LogP contribution in [0.4, 0.5) is 5.69 Å². The van der Waals surface area contributed by atoms with Crippen molar-refractivity contribution in [3.05, 3.63) is 70.4 Å². The number of benzene rings is 2. The summed E-state index contributed by atoms with van der Waals surface area (Å²) in [6, 6.07) is 13.1. The van der Waals surface area contributed by atoms with Crippen LogP contribution in [0.25, 0.3) is 0 Å². The lowest BCUT2D eigenvalue weighted by atomic mass is 10.0. The minimum Gasteiger partial charge on any atom is -0.618 e. The highest BCUT2D eigenvalue weighted by molar-refractivity contribution is 6.52. The Balaban J connectivity index is 2.09. The summed E-state index contributed by atoms with van der Waals surface area (Å²) in [5.74, 6) is -0.856. The minimum absolute atomic E-state index is 0.0663. The van der Waals surface area contributed by atoms with Gasteiger partial charge in [0.2, 0.25) is 5.69 Å². The van der Waals surface area contributed by atoms with E-state index in [0.29, 0.717) is 15.9 Å². The second-order valence-electron chi connectivity index (χ2n) is 4.79. The monoisotopic (exact) mass is 295 g/mol. The summed E-state index contributed by atoms with van der Waals surface area (Å²) < 4.78 is 5.49. The Kier molecular flexibility index (Phi) is 3.47. The molecule has 0 N–H and O–H groups in total. The molecule has 1 aliphatic rings. The van der Waals surface area contributed by atoms with Crippen LogP contribution in [-0.4, -0.2) is 28.8 Å². The van der Waals surface area contributed by atoms with Gasteiger partial charge in [-0.05, 0) is 31.2 Å². The smallest absolute Gasteiger partial charge is 0.338 e. The number of ether oxygens (including phenoxy) is 1. The molecule has 3 rings (SSSR count). The van der Waals surface area contributed by atoms with Gasteiger partial charge in [0.15, 0.2) is 0 Å². The maximum absolute atomic E-state index is 12.4. The molecule has 1 aliphatic heterocycles. The van der Waals surface area contributed by atoms with Crippen molar-refractivity contribution >= 4 is 23.2 Å². The molecule has 0 spiro atoms. The van der Waals surface area contributed by atoms with Crippen molar-refractivity contribution in [2.45, 2.75) is 6.92 Å². The molecular formula is C17H13NO4. The lowest BCUT2D eigenvalue weighted by Gasteiger charge is -2.04. The fourth-order valence-electron chi connectivity index (χ4n) is 2.42. The van der Waals surface area contributed by atoms with Gasteiger partial charge in [-0.25, -0.2) is 4.79 Å². The largest absolute Gasteiger partial charge is 0.618 e. The average molecular weight is 295 g/mol. The molecule has 0 saturated carbocycles. The highest BCUT2D eigenvalue weighted by Crippen LogP contribution is 2.29. The van der Waals surface area contributed by atoms with Crippen molar-refractivity contribution in [1.29, 1.82) is 0 Å². The number of rotatable bonds is 3. The average Bonchev–Trinajstić information content (AvgIpc) is 2.79. The van der Waals surface area contributed by atoms with Gasteiger partial charge >= 0.3 is 5.97 Å². The third kappa shape index (κ3) is 2.16. The minimum atomic E-state index is -0.515. The van der Waals surface area contributed by atoms with E-state index in [1.807, 2.05) is 6.07 Å². The molecule has 0 saturated heterocycles. The summed E-state index contributed by atoms with van der Waals surface area (Å²) in [5, 5.41) is 12.4. The molecule has 110 valence electrons. The molecule has 0 amide bonds. The van der Waals surface area contributed by atoms with Crippen LogP contribution in [0.5, 0.6) is 0 Å². The first kappa shape index (κ1) is 14.0. The highest BCUT2D eigenvalue weighted by Gasteiger charge is 2.37. The number of nitrogens with zero attached hydrogens (tertiary/aromatic N) is 1. The van der Waals surface area contributed by atoms with Crippen LogP contribution >= 0.6 is 0 Å². The van der Waals surface area contributed by atoms with Gasteiger partial charge in [-0.15, -0.1) is 0 Å². The number of carbonyl (C=O) groups excluding carboxylic acids is 2. The SMILES string of the molecule is CCOC(=O)c1ccc2c(c1)[N+]([O-])=C(c1ccccc1)C2=O. The molecule has 0 unspecified atom stereocenters. The highest BCUT2D eigenvalue weighted by atomic mass is 16.5. The molecule has 0 aromatic heterocycles. The van der Waals surface area contributed by atoms with E-state index in [4.69, 9.17) is 4.74 Å². The van der Waals surface area contributed by atoms with Gasteiger partial charge in [0.05, 0.1) is 17.7 Å². The first-order chi connectivity index (χ1) is 10.6. The zero-order valence-electron chi connectivity index (χ0n) is 11.9. The van der Waals surface area contributed by atoms with Gasteiger partial charge in [-0.2, -0.15) is 4.74 Å². The molecule has 0 bridgehead atoms. The molecule has 0 radical (unpaired) electrons. The van der Waals surface area contributed by atoms with E-state index in [0.717, 1.165) is 0 Å². The van der Waals surface area contributed by atoms with E-state index >= 15 is 0 Å². The second-order valence-corrected chi connectivity index (χ2v) is 4.79. The zero-order chi connectivity index (χ0) is 15.7. The molecule has 2 aromatic rings. The Morgan fingerprint density at radius 1 is 1.18 bits per heavy atom. The van der Waals surface area contributed by atoms with E-state index < -0.39 is 5.97 Å². The Bertz CT molecular complexity index is 794. The Hall–Kier alpha value is -2.95. The molecular weight excluding hydrogens is 282 g/mol. The molecule has 0 atom stereocenters. The second kappa shape index (κ2) is 5.44. The number of fused-ring (bicyclic) bond motifs is 1. The number of esters is 1. The van der Waals surface area contributed by atoms with Gasteiger partial charge in [0.25, 0.3) is 11.5 Å². The van der Waals surface area contributed by atoms with E-state index in [2.05, 4.69) is 0 Å². The summed E-state index contributed by atoms with van der Waals surface area (Å²) >= 11 is 0. The number of hydrogen-bond donors (Lipinski definition) is 0. The summed E-state index contributed by atoms with van der Waals surface area (Å²) in [6.07, 6.45) is 0. The first-order valence-corrected chi connectivity index (χ1v) is 6.89. The maximum Gasteiger partial charge on any atom is 0.338 e. The molecule has 5 heteroatoms. The predicted octanol–water partition coefficient (Wildman–Crippen LogP) is 2.69. The van der Waals surface area contributed by atoms with Crippen molar-refractivity contribution < 1.29 is 19.1 Å². The normalized spacial score (nSPS) is 13.2. The van der Waals surface area contributed by atoms with Crippen LogP contribution in [0.1, 0.15) is 33.2 Å². The van der Waals surface area contributed by atoms with E-state index in [9.17, 15) is 14.8 Å². The van der Waals surface area contributed by atoms with E-state index in [1.54, 1.807) is 31.2 Å². The van der Waals surface area contributed by atoms with Gasteiger partial charge in [-0.1, -0.05) is 18.2 Å². The van der Waals surface area contributed by atoms with Crippen LogP contribution in [-0.2, 0) is 4.74 Å².